The van der Waals surface area contributed by atoms with Gasteiger partial charge >= 0.3 is 0 Å². The zero-order valence-corrected chi connectivity index (χ0v) is 24.5. The van der Waals surface area contributed by atoms with Crippen LogP contribution in [0.1, 0.15) is 62.1 Å². The van der Waals surface area contributed by atoms with E-state index in [0.717, 1.165) is 55.0 Å². The molecule has 40 heavy (non-hydrogen) atoms. The van der Waals surface area contributed by atoms with E-state index in [1.165, 1.54) is 35.2 Å². The molecular formula is C34H44N6. The molecule has 6 heteroatoms. The molecule has 0 spiro atoms. The first-order valence-electron chi connectivity index (χ1n) is 14.8. The van der Waals surface area contributed by atoms with Gasteiger partial charge in [0.05, 0.1) is 5.52 Å². The molecule has 5 rings (SSSR count). The maximum Gasteiger partial charge on any atom is 0.225 e. The topological polar surface area (TPSA) is 65.1 Å². The molecule has 1 aromatic heterocycles. The van der Waals surface area contributed by atoms with Crippen molar-refractivity contribution in [3.8, 4) is 0 Å². The highest BCUT2D eigenvalue weighted by Crippen LogP contribution is 2.26. The average molecular weight is 537 g/mol. The van der Waals surface area contributed by atoms with E-state index in [1.807, 2.05) is 26.2 Å². The van der Waals surface area contributed by atoms with Crippen LogP contribution in [-0.4, -0.2) is 42.7 Å². The fraction of sp³-hybridized carbons (Fsp3) is 0.412. The standard InChI is InChI=1S/C34H44N6/c1-24(2)25-13-15-29(16-14-25)36-23-27-10-6-5-9-26(27)21-22-35-28-17-19-30(20-18-28)37-34-38-32-12-8-7-11-31(32)33(39-34)40(3)4/h5-16,24,28,30,35-36H,17-23H2,1-4H3,(H,37,38,39). The van der Waals surface area contributed by atoms with Crippen LogP contribution in [-0.2, 0) is 13.0 Å². The Morgan fingerprint density at radius 2 is 1.48 bits per heavy atom. The third-order valence-electron chi connectivity index (χ3n) is 8.07. The number of anilines is 3. The summed E-state index contributed by atoms with van der Waals surface area (Å²) < 4.78 is 0. The lowest BCUT2D eigenvalue weighted by molar-refractivity contribution is 0.355. The number of nitrogens with one attached hydrogen (secondary N) is 3. The van der Waals surface area contributed by atoms with E-state index in [2.05, 4.69) is 95.4 Å². The SMILES string of the molecule is CC(C)c1ccc(NCc2ccccc2CCNC2CCC(Nc3nc(N(C)C)c4ccccc4n3)CC2)cc1. The lowest BCUT2D eigenvalue weighted by Gasteiger charge is -2.30. The number of benzene rings is 3. The summed E-state index contributed by atoms with van der Waals surface area (Å²) in [6.45, 7) is 6.32. The predicted molar refractivity (Wildman–Crippen MR) is 170 cm³/mol. The van der Waals surface area contributed by atoms with E-state index in [1.54, 1.807) is 0 Å². The van der Waals surface area contributed by atoms with Crippen molar-refractivity contribution in [2.45, 2.75) is 70.5 Å². The van der Waals surface area contributed by atoms with Gasteiger partial charge in [-0.15, -0.1) is 0 Å². The fourth-order valence-electron chi connectivity index (χ4n) is 5.66. The van der Waals surface area contributed by atoms with Crippen LogP contribution < -0.4 is 20.9 Å². The smallest absolute Gasteiger partial charge is 0.225 e. The molecule has 3 aromatic carbocycles. The molecule has 1 saturated carbocycles. The molecule has 1 heterocycles. The number of fused-ring (bicyclic) bond motifs is 1. The molecule has 0 saturated heterocycles. The van der Waals surface area contributed by atoms with Gasteiger partial charge in [0.2, 0.25) is 5.95 Å². The second-order valence-corrected chi connectivity index (χ2v) is 11.6. The zero-order valence-electron chi connectivity index (χ0n) is 24.5. The highest BCUT2D eigenvalue weighted by atomic mass is 15.2. The summed E-state index contributed by atoms with van der Waals surface area (Å²) in [5.41, 5.74) is 6.33. The van der Waals surface area contributed by atoms with Gasteiger partial charge in [-0.2, -0.15) is 4.98 Å². The summed E-state index contributed by atoms with van der Waals surface area (Å²) in [7, 11) is 4.07. The Morgan fingerprint density at radius 1 is 0.800 bits per heavy atom. The van der Waals surface area contributed by atoms with Crippen LogP contribution >= 0.6 is 0 Å². The van der Waals surface area contributed by atoms with Gasteiger partial charge in [-0.3, -0.25) is 0 Å². The molecule has 3 N–H and O–H groups in total. The van der Waals surface area contributed by atoms with Crippen molar-refractivity contribution in [3.05, 3.63) is 89.5 Å². The number of hydrogen-bond acceptors (Lipinski definition) is 6. The molecule has 0 radical (unpaired) electrons. The predicted octanol–water partition coefficient (Wildman–Crippen LogP) is 6.99. The maximum atomic E-state index is 4.83. The molecule has 0 unspecified atom stereocenters. The van der Waals surface area contributed by atoms with Gasteiger partial charge in [0.1, 0.15) is 5.82 Å². The Hall–Kier alpha value is -3.64. The highest BCUT2D eigenvalue weighted by molar-refractivity contribution is 5.90. The Balaban J connectivity index is 1.08. The Morgan fingerprint density at radius 3 is 2.20 bits per heavy atom. The highest BCUT2D eigenvalue weighted by Gasteiger charge is 2.22. The first-order valence-corrected chi connectivity index (χ1v) is 14.8. The van der Waals surface area contributed by atoms with Gasteiger partial charge < -0.3 is 20.9 Å². The van der Waals surface area contributed by atoms with Crippen LogP contribution in [0.3, 0.4) is 0 Å². The first kappa shape index (κ1) is 27.9. The molecule has 0 aliphatic heterocycles. The molecule has 0 amide bonds. The van der Waals surface area contributed by atoms with E-state index in [4.69, 9.17) is 9.97 Å². The molecule has 0 bridgehead atoms. The number of hydrogen-bond donors (Lipinski definition) is 3. The van der Waals surface area contributed by atoms with Crippen molar-refractivity contribution in [3.63, 3.8) is 0 Å². The Labute approximate surface area is 239 Å². The molecule has 6 nitrogen and oxygen atoms in total. The lowest BCUT2D eigenvalue weighted by Crippen LogP contribution is -2.38. The van der Waals surface area contributed by atoms with E-state index in [0.29, 0.717) is 18.0 Å². The molecule has 1 aliphatic carbocycles. The molecule has 4 aromatic rings. The second kappa shape index (κ2) is 13.1. The fourth-order valence-corrected chi connectivity index (χ4v) is 5.66. The van der Waals surface area contributed by atoms with Crippen molar-refractivity contribution in [2.75, 3.05) is 36.2 Å². The van der Waals surface area contributed by atoms with Crippen molar-refractivity contribution in [1.82, 2.24) is 15.3 Å². The monoisotopic (exact) mass is 536 g/mol. The van der Waals surface area contributed by atoms with E-state index in [-0.39, 0.29) is 0 Å². The van der Waals surface area contributed by atoms with Gasteiger partial charge in [-0.25, -0.2) is 4.98 Å². The van der Waals surface area contributed by atoms with Gasteiger partial charge in [-0.1, -0.05) is 62.4 Å². The molecule has 1 aliphatic rings. The summed E-state index contributed by atoms with van der Waals surface area (Å²) in [4.78, 5) is 11.7. The van der Waals surface area contributed by atoms with Crippen molar-refractivity contribution < 1.29 is 0 Å². The Kier molecular flexibility index (Phi) is 9.17. The minimum atomic E-state index is 0.413. The van der Waals surface area contributed by atoms with Crippen molar-refractivity contribution in [2.24, 2.45) is 0 Å². The van der Waals surface area contributed by atoms with Crippen LogP contribution in [0.15, 0.2) is 72.8 Å². The first-order chi connectivity index (χ1) is 19.5. The molecule has 0 atom stereocenters. The van der Waals surface area contributed by atoms with Crippen molar-refractivity contribution in [1.29, 1.82) is 0 Å². The van der Waals surface area contributed by atoms with E-state index < -0.39 is 0 Å². The normalized spacial score (nSPS) is 17.2. The molecule has 1 fully saturated rings. The zero-order chi connectivity index (χ0) is 27.9. The summed E-state index contributed by atoms with van der Waals surface area (Å²) >= 11 is 0. The van der Waals surface area contributed by atoms with Crippen LogP contribution in [0.25, 0.3) is 10.9 Å². The quantitative estimate of drug-likeness (QED) is 0.192. The summed E-state index contributed by atoms with van der Waals surface area (Å²) in [5.74, 6) is 2.26. The van der Waals surface area contributed by atoms with Crippen LogP contribution in [0.2, 0.25) is 0 Å². The summed E-state index contributed by atoms with van der Waals surface area (Å²) in [5, 5.41) is 12.2. The van der Waals surface area contributed by atoms with Gasteiger partial charge in [-0.05, 0) is 85.5 Å². The molecule has 210 valence electrons. The van der Waals surface area contributed by atoms with E-state index >= 15 is 0 Å². The van der Waals surface area contributed by atoms with Gasteiger partial charge in [0.15, 0.2) is 0 Å². The minimum absolute atomic E-state index is 0.413. The molecular weight excluding hydrogens is 492 g/mol. The third kappa shape index (κ3) is 7.11. The van der Waals surface area contributed by atoms with Crippen LogP contribution in [0.5, 0.6) is 0 Å². The average Bonchev–Trinajstić information content (AvgIpc) is 2.97. The number of para-hydroxylation sites is 1. The number of aromatic nitrogens is 2. The lowest BCUT2D eigenvalue weighted by atomic mass is 9.91. The summed E-state index contributed by atoms with van der Waals surface area (Å²) in [6.07, 6.45) is 5.63. The Bertz CT molecular complexity index is 1370. The van der Waals surface area contributed by atoms with E-state index in [9.17, 15) is 0 Å². The second-order valence-electron chi connectivity index (χ2n) is 11.6. The maximum absolute atomic E-state index is 4.83. The van der Waals surface area contributed by atoms with Crippen LogP contribution in [0.4, 0.5) is 17.5 Å². The third-order valence-corrected chi connectivity index (χ3v) is 8.07. The van der Waals surface area contributed by atoms with Gasteiger partial charge in [0.25, 0.3) is 0 Å². The van der Waals surface area contributed by atoms with Gasteiger partial charge in [0, 0.05) is 43.8 Å². The van der Waals surface area contributed by atoms with Crippen LogP contribution in [0, 0.1) is 0 Å². The minimum Gasteiger partial charge on any atom is -0.381 e. The number of rotatable bonds is 11. The summed E-state index contributed by atoms with van der Waals surface area (Å²) in [6, 6.07) is 26.9. The largest absolute Gasteiger partial charge is 0.381 e. The number of nitrogens with zero attached hydrogens (tertiary/aromatic N) is 3. The van der Waals surface area contributed by atoms with Crippen molar-refractivity contribution >= 4 is 28.4 Å².